The summed E-state index contributed by atoms with van der Waals surface area (Å²) < 4.78 is 0. The molecule has 3 unspecified atom stereocenters. The van der Waals surface area contributed by atoms with Crippen molar-refractivity contribution in [2.24, 2.45) is 5.41 Å². The molecule has 0 aromatic carbocycles. The Labute approximate surface area is 192 Å². The second-order valence-corrected chi connectivity index (χ2v) is 10.2. The standard InChI is InChI=1S/C23H42N4O5/c1-23(2,3)20(28)7-6-19(22(31)32)27-11-5-9-24-12-13-25(16-17-27)8-4-10-26(15-14-24)18-21(29)30/h19H,4-18H2,1-3H3,(H,29,30)(H,31,32). The molecule has 0 aliphatic carbocycles. The molecule has 0 amide bonds. The van der Waals surface area contributed by atoms with Crippen LogP contribution < -0.4 is 0 Å². The average molecular weight is 455 g/mol. The zero-order valence-corrected chi connectivity index (χ0v) is 20.1. The highest BCUT2D eigenvalue weighted by Gasteiger charge is 2.29. The Hall–Kier alpha value is -1.55. The molecule has 2 bridgehead atoms. The fourth-order valence-electron chi connectivity index (χ4n) is 4.51. The number of fused-ring (bicyclic) bond motifs is 3. The van der Waals surface area contributed by atoms with Crippen molar-refractivity contribution in [3.05, 3.63) is 0 Å². The molecule has 9 heteroatoms. The molecule has 2 heterocycles. The Balaban J connectivity index is 2.04. The maximum absolute atomic E-state index is 12.4. The highest BCUT2D eigenvalue weighted by Crippen LogP contribution is 2.20. The minimum absolute atomic E-state index is 0.0786. The number of carboxylic acids is 2. The first-order chi connectivity index (χ1) is 15.1. The van der Waals surface area contributed by atoms with E-state index in [4.69, 9.17) is 0 Å². The molecule has 0 aromatic heterocycles. The zero-order valence-electron chi connectivity index (χ0n) is 20.1. The van der Waals surface area contributed by atoms with E-state index in [0.717, 1.165) is 65.2 Å². The maximum atomic E-state index is 12.4. The lowest BCUT2D eigenvalue weighted by molar-refractivity contribution is -0.144. The van der Waals surface area contributed by atoms with Gasteiger partial charge in [0, 0.05) is 64.2 Å². The molecule has 0 spiro atoms. The van der Waals surface area contributed by atoms with E-state index in [2.05, 4.69) is 14.7 Å². The van der Waals surface area contributed by atoms with Crippen LogP contribution in [0.2, 0.25) is 0 Å². The Morgan fingerprint density at radius 3 is 1.91 bits per heavy atom. The third kappa shape index (κ3) is 9.13. The number of carbonyl (C=O) groups is 3. The van der Waals surface area contributed by atoms with E-state index in [1.165, 1.54) is 0 Å². The first kappa shape index (κ1) is 26.7. The van der Waals surface area contributed by atoms with Gasteiger partial charge >= 0.3 is 11.9 Å². The zero-order chi connectivity index (χ0) is 23.7. The Morgan fingerprint density at radius 1 is 0.781 bits per heavy atom. The lowest BCUT2D eigenvalue weighted by Crippen LogP contribution is -2.50. The van der Waals surface area contributed by atoms with Gasteiger partial charge in [0.25, 0.3) is 0 Å². The van der Waals surface area contributed by atoms with Crippen LogP contribution in [0.5, 0.6) is 0 Å². The van der Waals surface area contributed by atoms with E-state index in [-0.39, 0.29) is 18.7 Å². The van der Waals surface area contributed by atoms with Crippen LogP contribution in [0.4, 0.5) is 0 Å². The van der Waals surface area contributed by atoms with Crippen LogP contribution in [0, 0.1) is 5.41 Å². The highest BCUT2D eigenvalue weighted by molar-refractivity contribution is 5.84. The molecular formula is C23H42N4O5. The number of Topliss-reactive ketones (excluding diaryl/α,β-unsaturated/α-hetero) is 1. The number of carboxylic acid groups (broad SMARTS) is 2. The fourth-order valence-corrected chi connectivity index (χ4v) is 4.51. The van der Waals surface area contributed by atoms with Gasteiger partial charge in [-0.2, -0.15) is 0 Å². The van der Waals surface area contributed by atoms with Crippen LogP contribution in [0.15, 0.2) is 0 Å². The number of rotatable bonds is 7. The Bertz CT molecular complexity index is 636. The second-order valence-electron chi connectivity index (χ2n) is 10.2. The van der Waals surface area contributed by atoms with Crippen molar-refractivity contribution in [1.29, 1.82) is 0 Å². The predicted molar refractivity (Wildman–Crippen MR) is 123 cm³/mol. The molecule has 184 valence electrons. The molecule has 0 saturated carbocycles. The van der Waals surface area contributed by atoms with E-state index in [0.29, 0.717) is 19.5 Å². The van der Waals surface area contributed by atoms with Gasteiger partial charge in [-0.15, -0.1) is 0 Å². The molecular weight excluding hydrogens is 412 g/mol. The first-order valence-corrected chi connectivity index (χ1v) is 12.0. The van der Waals surface area contributed by atoms with Crippen LogP contribution in [-0.2, 0) is 14.4 Å². The first-order valence-electron chi connectivity index (χ1n) is 12.0. The predicted octanol–water partition coefficient (Wildman–Crippen LogP) is 0.935. The molecule has 2 rings (SSSR count). The summed E-state index contributed by atoms with van der Waals surface area (Å²) in [6, 6.07) is -0.644. The number of ketones is 1. The fraction of sp³-hybridized carbons (Fsp3) is 0.870. The molecule has 2 fully saturated rings. The highest BCUT2D eigenvalue weighted by atomic mass is 16.4. The van der Waals surface area contributed by atoms with E-state index in [9.17, 15) is 24.6 Å². The summed E-state index contributed by atoms with van der Waals surface area (Å²) in [7, 11) is 0. The minimum Gasteiger partial charge on any atom is -0.480 e. The molecule has 3 atom stereocenters. The smallest absolute Gasteiger partial charge is 0.320 e. The summed E-state index contributed by atoms with van der Waals surface area (Å²) in [5.41, 5.74) is -0.450. The van der Waals surface area contributed by atoms with Gasteiger partial charge in [-0.25, -0.2) is 0 Å². The van der Waals surface area contributed by atoms with Crippen molar-refractivity contribution in [3.8, 4) is 0 Å². The third-order valence-electron chi connectivity index (χ3n) is 6.60. The number of hydrogen-bond acceptors (Lipinski definition) is 7. The van der Waals surface area contributed by atoms with E-state index in [1.807, 2.05) is 25.7 Å². The van der Waals surface area contributed by atoms with Gasteiger partial charge in [-0.1, -0.05) is 20.8 Å². The van der Waals surface area contributed by atoms with E-state index >= 15 is 0 Å². The lowest BCUT2D eigenvalue weighted by Gasteiger charge is -2.37. The quantitative estimate of drug-likeness (QED) is 0.581. The Morgan fingerprint density at radius 2 is 1.34 bits per heavy atom. The monoisotopic (exact) mass is 454 g/mol. The SMILES string of the molecule is CC(C)(C)C(=O)CCC(C(=O)O)N1CCCN2CCN(CCCN(CC(=O)O)CC2)CC1. The summed E-state index contributed by atoms with van der Waals surface area (Å²) in [6.45, 7) is 13.8. The average Bonchev–Trinajstić information content (AvgIpc) is 2.70. The van der Waals surface area contributed by atoms with Gasteiger partial charge in [0.1, 0.15) is 11.8 Å². The number of carbonyl (C=O) groups excluding carboxylic acids is 1. The molecule has 2 saturated heterocycles. The molecule has 2 aliphatic heterocycles. The van der Waals surface area contributed by atoms with Crippen LogP contribution in [0.25, 0.3) is 0 Å². The summed E-state index contributed by atoms with van der Waals surface area (Å²) in [5.74, 6) is -1.53. The summed E-state index contributed by atoms with van der Waals surface area (Å²) in [6.07, 6.45) is 2.39. The maximum Gasteiger partial charge on any atom is 0.320 e. The topological polar surface area (TPSA) is 105 Å². The Kier molecular flexibility index (Phi) is 10.5. The van der Waals surface area contributed by atoms with Crippen molar-refractivity contribution in [1.82, 2.24) is 19.6 Å². The van der Waals surface area contributed by atoms with Gasteiger partial charge < -0.3 is 20.0 Å². The molecule has 0 aromatic rings. The van der Waals surface area contributed by atoms with Crippen molar-refractivity contribution in [3.63, 3.8) is 0 Å². The van der Waals surface area contributed by atoms with Crippen molar-refractivity contribution in [2.75, 3.05) is 72.0 Å². The van der Waals surface area contributed by atoms with Gasteiger partial charge in [0.15, 0.2) is 0 Å². The molecule has 0 radical (unpaired) electrons. The molecule has 2 N–H and O–H groups in total. The van der Waals surface area contributed by atoms with Crippen LogP contribution >= 0.6 is 0 Å². The number of hydrogen-bond donors (Lipinski definition) is 2. The lowest BCUT2D eigenvalue weighted by atomic mass is 9.87. The van der Waals surface area contributed by atoms with Gasteiger partial charge in [-0.3, -0.25) is 24.2 Å². The van der Waals surface area contributed by atoms with Gasteiger partial charge in [0.05, 0.1) is 6.54 Å². The van der Waals surface area contributed by atoms with E-state index in [1.54, 1.807) is 0 Å². The van der Waals surface area contributed by atoms with Crippen LogP contribution in [-0.4, -0.2) is 126 Å². The second kappa shape index (κ2) is 12.6. The largest absolute Gasteiger partial charge is 0.480 e. The molecule has 9 nitrogen and oxygen atoms in total. The van der Waals surface area contributed by atoms with Crippen LogP contribution in [0.3, 0.4) is 0 Å². The van der Waals surface area contributed by atoms with Crippen molar-refractivity contribution < 1.29 is 24.6 Å². The summed E-state index contributed by atoms with van der Waals surface area (Å²) in [4.78, 5) is 44.5. The summed E-state index contributed by atoms with van der Waals surface area (Å²) >= 11 is 0. The minimum atomic E-state index is -0.849. The van der Waals surface area contributed by atoms with Crippen molar-refractivity contribution >= 4 is 17.7 Å². The molecule has 2 aliphatic rings. The van der Waals surface area contributed by atoms with Gasteiger partial charge in [-0.05, 0) is 32.4 Å². The third-order valence-corrected chi connectivity index (χ3v) is 6.60. The van der Waals surface area contributed by atoms with Gasteiger partial charge in [0.2, 0.25) is 0 Å². The van der Waals surface area contributed by atoms with Crippen LogP contribution in [0.1, 0.15) is 46.5 Å². The van der Waals surface area contributed by atoms with Crippen molar-refractivity contribution in [2.45, 2.75) is 52.5 Å². The number of aliphatic carboxylic acids is 2. The summed E-state index contributed by atoms with van der Waals surface area (Å²) in [5, 5.41) is 19.1. The van der Waals surface area contributed by atoms with E-state index < -0.39 is 23.4 Å². The normalized spacial score (nSPS) is 25.7. The number of nitrogens with zero attached hydrogens (tertiary/aromatic N) is 4. The molecule has 32 heavy (non-hydrogen) atoms.